The molecule has 126 valence electrons. The number of methoxy groups -OCH3 is 1. The van der Waals surface area contributed by atoms with E-state index in [4.69, 9.17) is 21.1 Å². The lowest BCUT2D eigenvalue weighted by molar-refractivity contribution is 0.0474. The molecule has 0 unspecified atom stereocenters. The van der Waals surface area contributed by atoms with Gasteiger partial charge in [-0.1, -0.05) is 11.6 Å². The molecule has 2 rings (SSSR count). The Kier molecular flexibility index (Phi) is 5.90. The van der Waals surface area contributed by atoms with Crippen LogP contribution < -0.4 is 4.74 Å². The van der Waals surface area contributed by atoms with Gasteiger partial charge in [-0.05, 0) is 46.3 Å². The minimum Gasteiger partial charge on any atom is -0.496 e. The summed E-state index contributed by atoms with van der Waals surface area (Å²) in [5.74, 6) is -3.39. The van der Waals surface area contributed by atoms with Crippen molar-refractivity contribution < 1.29 is 27.8 Å². The minimum absolute atomic E-state index is 0.284. The molecule has 0 bridgehead atoms. The standard InChI is InChI=1S/C16H10BrClF2O4/c1-23-15-3-2-8(4-10(15)17)14(21)7-24-16(22)9-5-12(19)13(20)6-11(9)18/h2-6H,7H2,1H3. The van der Waals surface area contributed by atoms with E-state index in [1.165, 1.54) is 19.2 Å². The van der Waals surface area contributed by atoms with Crippen molar-refractivity contribution in [1.29, 1.82) is 0 Å². The maximum Gasteiger partial charge on any atom is 0.340 e. The van der Waals surface area contributed by atoms with Crippen molar-refractivity contribution >= 4 is 39.3 Å². The normalized spacial score (nSPS) is 10.4. The Morgan fingerprint density at radius 3 is 2.46 bits per heavy atom. The summed E-state index contributed by atoms with van der Waals surface area (Å²) in [5.41, 5.74) is -0.0777. The Balaban J connectivity index is 2.07. The van der Waals surface area contributed by atoms with E-state index >= 15 is 0 Å². The summed E-state index contributed by atoms with van der Waals surface area (Å²) in [5, 5.41) is -0.307. The fourth-order valence-electron chi connectivity index (χ4n) is 1.81. The molecule has 0 saturated heterocycles. The molecule has 2 aromatic rings. The fourth-order valence-corrected chi connectivity index (χ4v) is 2.58. The van der Waals surface area contributed by atoms with Crippen molar-refractivity contribution in [3.8, 4) is 5.75 Å². The van der Waals surface area contributed by atoms with Crippen molar-refractivity contribution in [1.82, 2.24) is 0 Å². The van der Waals surface area contributed by atoms with Gasteiger partial charge in [-0.3, -0.25) is 4.79 Å². The van der Waals surface area contributed by atoms with Crippen LogP contribution in [0.2, 0.25) is 5.02 Å². The molecule has 0 heterocycles. The Morgan fingerprint density at radius 1 is 1.17 bits per heavy atom. The molecule has 0 N–H and O–H groups in total. The monoisotopic (exact) mass is 418 g/mol. The first-order valence-corrected chi connectivity index (χ1v) is 7.69. The Hall–Kier alpha value is -1.99. The van der Waals surface area contributed by atoms with E-state index in [1.54, 1.807) is 6.07 Å². The van der Waals surface area contributed by atoms with E-state index in [-0.39, 0.29) is 16.1 Å². The van der Waals surface area contributed by atoms with Crippen LogP contribution in [0, 0.1) is 11.6 Å². The molecule has 0 fully saturated rings. The molecule has 2 aromatic carbocycles. The Morgan fingerprint density at radius 2 is 1.83 bits per heavy atom. The van der Waals surface area contributed by atoms with E-state index in [0.717, 1.165) is 0 Å². The van der Waals surface area contributed by atoms with E-state index in [0.29, 0.717) is 22.4 Å². The zero-order valence-corrected chi connectivity index (χ0v) is 14.6. The third kappa shape index (κ3) is 4.10. The van der Waals surface area contributed by atoms with E-state index < -0.39 is 30.0 Å². The number of hydrogen-bond acceptors (Lipinski definition) is 4. The van der Waals surface area contributed by atoms with E-state index in [9.17, 15) is 18.4 Å². The SMILES string of the molecule is COc1ccc(C(=O)COC(=O)c2cc(F)c(F)cc2Cl)cc1Br. The lowest BCUT2D eigenvalue weighted by Gasteiger charge is -2.08. The predicted octanol–water partition coefficient (Wildman–Crippen LogP) is 4.43. The average molecular weight is 420 g/mol. The number of benzene rings is 2. The van der Waals surface area contributed by atoms with Crippen LogP contribution in [-0.2, 0) is 4.74 Å². The van der Waals surface area contributed by atoms with Gasteiger partial charge in [0.05, 0.1) is 22.2 Å². The van der Waals surface area contributed by atoms with Crippen LogP contribution in [0.5, 0.6) is 5.75 Å². The first-order valence-electron chi connectivity index (χ1n) is 6.52. The quantitative estimate of drug-likeness (QED) is 0.409. The third-order valence-corrected chi connectivity index (χ3v) is 3.97. The van der Waals surface area contributed by atoms with Gasteiger partial charge in [0.15, 0.2) is 24.0 Å². The van der Waals surface area contributed by atoms with Gasteiger partial charge in [-0.15, -0.1) is 0 Å². The molecule has 24 heavy (non-hydrogen) atoms. The highest BCUT2D eigenvalue weighted by molar-refractivity contribution is 9.10. The van der Waals surface area contributed by atoms with Crippen molar-refractivity contribution in [2.45, 2.75) is 0 Å². The van der Waals surface area contributed by atoms with Crippen molar-refractivity contribution in [3.05, 3.63) is 62.6 Å². The van der Waals surface area contributed by atoms with Crippen LogP contribution in [0.25, 0.3) is 0 Å². The summed E-state index contributed by atoms with van der Waals surface area (Å²) in [4.78, 5) is 23.9. The maximum absolute atomic E-state index is 13.2. The number of hydrogen-bond donors (Lipinski definition) is 0. The van der Waals surface area contributed by atoms with Gasteiger partial charge in [-0.25, -0.2) is 13.6 Å². The second-order valence-electron chi connectivity index (χ2n) is 4.59. The molecule has 0 aliphatic heterocycles. The highest BCUT2D eigenvalue weighted by atomic mass is 79.9. The summed E-state index contributed by atoms with van der Waals surface area (Å²) in [6.45, 7) is -0.576. The zero-order chi connectivity index (χ0) is 17.9. The third-order valence-electron chi connectivity index (χ3n) is 3.04. The molecule has 0 saturated carbocycles. The Labute approximate surface area is 149 Å². The van der Waals surface area contributed by atoms with Gasteiger partial charge >= 0.3 is 5.97 Å². The number of ketones is 1. The summed E-state index contributed by atoms with van der Waals surface area (Å²) in [6.07, 6.45) is 0. The summed E-state index contributed by atoms with van der Waals surface area (Å²) in [6, 6.07) is 5.87. The minimum atomic E-state index is -1.24. The van der Waals surface area contributed by atoms with Gasteiger partial charge < -0.3 is 9.47 Å². The molecule has 0 spiro atoms. The lowest BCUT2D eigenvalue weighted by Crippen LogP contribution is -2.15. The topological polar surface area (TPSA) is 52.6 Å². The molecule has 0 amide bonds. The largest absolute Gasteiger partial charge is 0.496 e. The molecule has 0 atom stereocenters. The number of Topliss-reactive ketones (excluding diaryl/α,β-unsaturated/α-hetero) is 1. The predicted molar refractivity (Wildman–Crippen MR) is 86.7 cm³/mol. The van der Waals surface area contributed by atoms with Gasteiger partial charge in [0.25, 0.3) is 0 Å². The van der Waals surface area contributed by atoms with Crippen molar-refractivity contribution in [3.63, 3.8) is 0 Å². The van der Waals surface area contributed by atoms with Gasteiger partial charge in [0, 0.05) is 5.56 Å². The van der Waals surface area contributed by atoms with E-state index in [1.807, 2.05) is 0 Å². The second kappa shape index (κ2) is 7.72. The lowest BCUT2D eigenvalue weighted by atomic mass is 10.1. The molecule has 0 aliphatic carbocycles. The first kappa shape index (κ1) is 18.4. The fraction of sp³-hybridized carbons (Fsp3) is 0.125. The Bertz CT molecular complexity index is 811. The maximum atomic E-state index is 13.2. The number of carbonyl (C=O) groups is 2. The van der Waals surface area contributed by atoms with Crippen LogP contribution >= 0.6 is 27.5 Å². The highest BCUT2D eigenvalue weighted by Gasteiger charge is 2.18. The van der Waals surface area contributed by atoms with Gasteiger partial charge in [-0.2, -0.15) is 0 Å². The highest BCUT2D eigenvalue weighted by Crippen LogP contribution is 2.26. The van der Waals surface area contributed by atoms with Crippen LogP contribution in [0.3, 0.4) is 0 Å². The van der Waals surface area contributed by atoms with Crippen LogP contribution in [0.4, 0.5) is 8.78 Å². The average Bonchev–Trinajstić information content (AvgIpc) is 2.55. The van der Waals surface area contributed by atoms with Crippen LogP contribution in [-0.4, -0.2) is 25.5 Å². The number of halogens is 4. The number of ether oxygens (including phenoxy) is 2. The summed E-state index contributed by atoms with van der Waals surface area (Å²) < 4.78 is 36.6. The first-order chi connectivity index (χ1) is 11.3. The van der Waals surface area contributed by atoms with Gasteiger partial charge in [0.1, 0.15) is 5.75 Å². The molecule has 4 nitrogen and oxygen atoms in total. The summed E-state index contributed by atoms with van der Waals surface area (Å²) in [7, 11) is 1.48. The number of carbonyl (C=O) groups excluding carboxylic acids is 2. The number of rotatable bonds is 5. The van der Waals surface area contributed by atoms with Crippen molar-refractivity contribution in [2.75, 3.05) is 13.7 Å². The molecule has 0 aliphatic rings. The molecule has 0 aromatic heterocycles. The molecular formula is C16H10BrClF2O4. The summed E-state index contributed by atoms with van der Waals surface area (Å²) >= 11 is 8.91. The van der Waals surface area contributed by atoms with Crippen LogP contribution in [0.15, 0.2) is 34.8 Å². The molecule has 0 radical (unpaired) electrons. The van der Waals surface area contributed by atoms with Crippen LogP contribution in [0.1, 0.15) is 20.7 Å². The smallest absolute Gasteiger partial charge is 0.340 e. The number of esters is 1. The molecular weight excluding hydrogens is 410 g/mol. The molecule has 8 heteroatoms. The zero-order valence-electron chi connectivity index (χ0n) is 12.2. The van der Waals surface area contributed by atoms with E-state index in [2.05, 4.69) is 15.9 Å². The van der Waals surface area contributed by atoms with Crippen molar-refractivity contribution in [2.24, 2.45) is 0 Å². The second-order valence-corrected chi connectivity index (χ2v) is 5.86. The van der Waals surface area contributed by atoms with Gasteiger partial charge in [0.2, 0.25) is 0 Å².